The Hall–Kier alpha value is -0.940. The highest BCUT2D eigenvalue weighted by atomic mass is 16.5. The number of nitrogens with zero attached hydrogens (tertiary/aromatic N) is 3. The zero-order valence-corrected chi connectivity index (χ0v) is 9.36. The molecule has 5 nitrogen and oxygen atoms in total. The quantitative estimate of drug-likeness (QED) is 0.788. The van der Waals surface area contributed by atoms with E-state index in [1.165, 1.54) is 0 Å². The van der Waals surface area contributed by atoms with Gasteiger partial charge in [0, 0.05) is 19.2 Å². The zero-order chi connectivity index (χ0) is 10.7. The summed E-state index contributed by atoms with van der Waals surface area (Å²) in [6.45, 7) is 4.62. The van der Waals surface area contributed by atoms with Gasteiger partial charge in [0.15, 0.2) is 0 Å². The third kappa shape index (κ3) is 2.54. The molecule has 0 radical (unpaired) electrons. The Bertz CT molecular complexity index is 317. The van der Waals surface area contributed by atoms with Gasteiger partial charge >= 0.3 is 0 Å². The van der Waals surface area contributed by atoms with E-state index in [4.69, 9.17) is 4.74 Å². The third-order valence-corrected chi connectivity index (χ3v) is 2.92. The van der Waals surface area contributed by atoms with Crippen LogP contribution in [0.5, 0.6) is 0 Å². The van der Waals surface area contributed by atoms with E-state index in [-0.39, 0.29) is 5.54 Å². The normalized spacial score (nSPS) is 26.8. The van der Waals surface area contributed by atoms with E-state index in [0.717, 1.165) is 38.4 Å². The predicted molar refractivity (Wildman–Crippen MR) is 56.3 cm³/mol. The van der Waals surface area contributed by atoms with Gasteiger partial charge < -0.3 is 14.6 Å². The van der Waals surface area contributed by atoms with Crippen molar-refractivity contribution >= 4 is 0 Å². The predicted octanol–water partition coefficient (Wildman–Crippen LogP) is 0.474. The minimum Gasteiger partial charge on any atom is -0.380 e. The largest absolute Gasteiger partial charge is 0.380 e. The average molecular weight is 210 g/mol. The Balaban J connectivity index is 1.89. The van der Waals surface area contributed by atoms with Gasteiger partial charge in [-0.1, -0.05) is 0 Å². The van der Waals surface area contributed by atoms with Crippen molar-refractivity contribution in [1.82, 2.24) is 20.1 Å². The van der Waals surface area contributed by atoms with Crippen LogP contribution >= 0.6 is 0 Å². The second kappa shape index (κ2) is 4.28. The minimum atomic E-state index is 0.0875. The van der Waals surface area contributed by atoms with Gasteiger partial charge in [-0.3, -0.25) is 0 Å². The van der Waals surface area contributed by atoms with E-state index in [1.54, 1.807) is 6.33 Å². The van der Waals surface area contributed by atoms with Crippen LogP contribution in [0, 0.1) is 0 Å². The highest BCUT2D eigenvalue weighted by Crippen LogP contribution is 2.18. The maximum atomic E-state index is 5.48. The van der Waals surface area contributed by atoms with E-state index in [9.17, 15) is 0 Å². The summed E-state index contributed by atoms with van der Waals surface area (Å²) in [6.07, 6.45) is 4.00. The highest BCUT2D eigenvalue weighted by Gasteiger charge is 2.27. The molecule has 1 aromatic rings. The summed E-state index contributed by atoms with van der Waals surface area (Å²) in [5, 5.41) is 11.4. The van der Waals surface area contributed by atoms with Gasteiger partial charge in [0.2, 0.25) is 0 Å². The van der Waals surface area contributed by atoms with Crippen LogP contribution in [0.15, 0.2) is 6.33 Å². The number of hydrogen-bond acceptors (Lipinski definition) is 4. The SMILES string of the molecule is Cn1cnnc1CNC1(C)CCCOC1. The smallest absolute Gasteiger partial charge is 0.146 e. The molecule has 1 saturated heterocycles. The molecule has 15 heavy (non-hydrogen) atoms. The molecule has 2 rings (SSSR count). The number of aromatic nitrogens is 3. The minimum absolute atomic E-state index is 0.0875. The van der Waals surface area contributed by atoms with Crippen molar-refractivity contribution < 1.29 is 4.74 Å². The maximum absolute atomic E-state index is 5.48. The fourth-order valence-corrected chi connectivity index (χ4v) is 1.83. The number of rotatable bonds is 3. The van der Waals surface area contributed by atoms with Crippen LogP contribution in [0.4, 0.5) is 0 Å². The Morgan fingerprint density at radius 3 is 3.13 bits per heavy atom. The van der Waals surface area contributed by atoms with Crippen molar-refractivity contribution in [1.29, 1.82) is 0 Å². The lowest BCUT2D eigenvalue weighted by Gasteiger charge is -2.34. The summed E-state index contributed by atoms with van der Waals surface area (Å²) in [6, 6.07) is 0. The molecule has 0 aromatic carbocycles. The standard InChI is InChI=1S/C10H18N4O/c1-10(4-3-5-15-7-10)11-6-9-13-12-8-14(9)2/h8,11H,3-7H2,1-2H3. The summed E-state index contributed by atoms with van der Waals surface area (Å²) in [5.74, 6) is 0.960. The van der Waals surface area contributed by atoms with Crippen LogP contribution in [-0.4, -0.2) is 33.5 Å². The van der Waals surface area contributed by atoms with Crippen LogP contribution in [0.3, 0.4) is 0 Å². The molecule has 1 unspecified atom stereocenters. The average Bonchev–Trinajstić information content (AvgIpc) is 2.62. The first-order valence-corrected chi connectivity index (χ1v) is 5.35. The summed E-state index contributed by atoms with van der Waals surface area (Å²) in [7, 11) is 1.96. The molecule has 5 heteroatoms. The highest BCUT2D eigenvalue weighted by molar-refractivity contribution is 4.90. The van der Waals surface area contributed by atoms with Crippen molar-refractivity contribution in [3.63, 3.8) is 0 Å². The fraction of sp³-hybridized carbons (Fsp3) is 0.800. The molecule has 84 valence electrons. The fourth-order valence-electron chi connectivity index (χ4n) is 1.83. The number of nitrogens with one attached hydrogen (secondary N) is 1. The lowest BCUT2D eigenvalue weighted by atomic mass is 9.95. The monoisotopic (exact) mass is 210 g/mol. The molecule has 1 aliphatic heterocycles. The molecule has 0 amide bonds. The summed E-state index contributed by atoms with van der Waals surface area (Å²) >= 11 is 0. The summed E-state index contributed by atoms with van der Waals surface area (Å²) in [4.78, 5) is 0. The van der Waals surface area contributed by atoms with Crippen molar-refractivity contribution in [2.45, 2.75) is 31.8 Å². The third-order valence-electron chi connectivity index (χ3n) is 2.92. The Morgan fingerprint density at radius 2 is 2.53 bits per heavy atom. The van der Waals surface area contributed by atoms with Crippen molar-refractivity contribution in [2.75, 3.05) is 13.2 Å². The van der Waals surface area contributed by atoms with Crippen LogP contribution in [-0.2, 0) is 18.3 Å². The van der Waals surface area contributed by atoms with E-state index < -0.39 is 0 Å². The lowest BCUT2D eigenvalue weighted by Crippen LogP contribution is -2.48. The molecule has 1 fully saturated rings. The first-order chi connectivity index (χ1) is 7.20. The van der Waals surface area contributed by atoms with Gasteiger partial charge in [0.25, 0.3) is 0 Å². The molecular formula is C10H18N4O. The van der Waals surface area contributed by atoms with Crippen molar-refractivity contribution in [2.24, 2.45) is 7.05 Å². The molecule has 0 aliphatic carbocycles. The molecule has 1 aliphatic rings. The van der Waals surface area contributed by atoms with Crippen molar-refractivity contribution in [3.8, 4) is 0 Å². The molecule has 0 bridgehead atoms. The van der Waals surface area contributed by atoms with Crippen LogP contribution < -0.4 is 5.32 Å². The van der Waals surface area contributed by atoms with Crippen LogP contribution in [0.2, 0.25) is 0 Å². The lowest BCUT2D eigenvalue weighted by molar-refractivity contribution is 0.0274. The molecule has 1 N–H and O–H groups in total. The molecule has 1 aromatic heterocycles. The van der Waals surface area contributed by atoms with Gasteiger partial charge in [-0.2, -0.15) is 0 Å². The van der Waals surface area contributed by atoms with E-state index in [0.29, 0.717) is 0 Å². The maximum Gasteiger partial charge on any atom is 0.146 e. The van der Waals surface area contributed by atoms with Gasteiger partial charge in [-0.15, -0.1) is 10.2 Å². The van der Waals surface area contributed by atoms with Gasteiger partial charge in [-0.25, -0.2) is 0 Å². The topological polar surface area (TPSA) is 52.0 Å². The first kappa shape index (κ1) is 10.6. The van der Waals surface area contributed by atoms with Crippen molar-refractivity contribution in [3.05, 3.63) is 12.2 Å². The zero-order valence-electron chi connectivity index (χ0n) is 9.36. The second-order valence-corrected chi connectivity index (χ2v) is 4.43. The van der Waals surface area contributed by atoms with Gasteiger partial charge in [-0.05, 0) is 19.8 Å². The van der Waals surface area contributed by atoms with Crippen LogP contribution in [0.25, 0.3) is 0 Å². The number of ether oxygens (including phenoxy) is 1. The summed E-state index contributed by atoms with van der Waals surface area (Å²) in [5.41, 5.74) is 0.0875. The number of hydrogen-bond donors (Lipinski definition) is 1. The second-order valence-electron chi connectivity index (χ2n) is 4.43. The number of aryl methyl sites for hydroxylation is 1. The molecule has 1 atom stereocenters. The van der Waals surface area contributed by atoms with E-state index >= 15 is 0 Å². The van der Waals surface area contributed by atoms with E-state index in [2.05, 4.69) is 22.4 Å². The molecule has 0 saturated carbocycles. The Labute approximate surface area is 89.8 Å². The first-order valence-electron chi connectivity index (χ1n) is 5.35. The summed E-state index contributed by atoms with van der Waals surface area (Å²) < 4.78 is 7.41. The Kier molecular flexibility index (Phi) is 3.02. The van der Waals surface area contributed by atoms with Crippen LogP contribution in [0.1, 0.15) is 25.6 Å². The van der Waals surface area contributed by atoms with E-state index in [1.807, 2.05) is 11.6 Å². The van der Waals surface area contributed by atoms with Gasteiger partial charge in [0.1, 0.15) is 12.2 Å². The Morgan fingerprint density at radius 1 is 1.67 bits per heavy atom. The van der Waals surface area contributed by atoms with Gasteiger partial charge in [0.05, 0.1) is 13.2 Å². The molecule has 2 heterocycles. The molecular weight excluding hydrogens is 192 g/mol. The molecule has 0 spiro atoms.